The van der Waals surface area contributed by atoms with Gasteiger partial charge in [0.05, 0.1) is 22.8 Å². The summed E-state index contributed by atoms with van der Waals surface area (Å²) >= 11 is 0. The molecule has 2 aliphatic rings. The van der Waals surface area contributed by atoms with Crippen LogP contribution in [0.5, 0.6) is 0 Å². The predicted octanol–water partition coefficient (Wildman–Crippen LogP) is 6.71. The van der Waals surface area contributed by atoms with Gasteiger partial charge in [0, 0.05) is 0 Å². The molecule has 0 aromatic carbocycles. The summed E-state index contributed by atoms with van der Waals surface area (Å²) in [5.41, 5.74) is 17.3. The molecule has 0 saturated heterocycles. The molecule has 0 unspecified atom stereocenters. The fourth-order valence-corrected chi connectivity index (χ4v) is 4.37. The molecule has 0 radical (unpaired) electrons. The van der Waals surface area contributed by atoms with Gasteiger partial charge < -0.3 is 9.97 Å². The molecule has 3 aromatic rings. The zero-order valence-electron chi connectivity index (χ0n) is 20.5. The number of allylic oxidation sites excluding steroid dienone is 4. The zero-order chi connectivity index (χ0) is 22.9. The summed E-state index contributed by atoms with van der Waals surface area (Å²) in [5.74, 6) is 0. The first kappa shape index (κ1) is 23.3. The Hall–Kier alpha value is -2.88. The van der Waals surface area contributed by atoms with Crippen molar-refractivity contribution in [3.8, 4) is 0 Å². The second kappa shape index (κ2) is 8.16. The Balaban J connectivity index is 0.00000259. The summed E-state index contributed by atoms with van der Waals surface area (Å²) < 4.78 is 0. The Kier molecular flexibility index (Phi) is 5.76. The van der Waals surface area contributed by atoms with Gasteiger partial charge in [-0.05, 0) is 77.7 Å². The van der Waals surface area contributed by atoms with Gasteiger partial charge in [-0.25, -0.2) is 9.97 Å². The van der Waals surface area contributed by atoms with Crippen LogP contribution in [-0.4, -0.2) is 9.97 Å². The maximum Gasteiger partial charge on any atom is 2.00 e. The molecule has 0 saturated carbocycles. The first-order valence-electron chi connectivity index (χ1n) is 11.1. The number of nitrogens with zero attached hydrogens (tertiary/aromatic N) is 4. The van der Waals surface area contributed by atoms with E-state index < -0.39 is 0 Å². The van der Waals surface area contributed by atoms with Crippen LogP contribution in [0.3, 0.4) is 0 Å². The molecule has 0 amide bonds. The summed E-state index contributed by atoms with van der Waals surface area (Å²) in [6.45, 7) is 17.1. The van der Waals surface area contributed by atoms with E-state index in [4.69, 9.17) is 19.9 Å². The van der Waals surface area contributed by atoms with Crippen LogP contribution < -0.4 is 9.97 Å². The van der Waals surface area contributed by atoms with Crippen molar-refractivity contribution in [2.24, 2.45) is 0 Å². The molecule has 0 N–H and O–H groups in total. The molecule has 2 aliphatic heterocycles. The molecule has 5 heterocycles. The van der Waals surface area contributed by atoms with Crippen molar-refractivity contribution in [1.29, 1.82) is 0 Å². The van der Waals surface area contributed by atoms with Crippen LogP contribution in [0.2, 0.25) is 0 Å². The molecule has 8 bridgehead atoms. The van der Waals surface area contributed by atoms with E-state index in [9.17, 15) is 0 Å². The van der Waals surface area contributed by atoms with Crippen molar-refractivity contribution in [2.45, 2.75) is 55.4 Å². The van der Waals surface area contributed by atoms with E-state index in [1.807, 2.05) is 0 Å². The Morgan fingerprint density at radius 2 is 0.636 bits per heavy atom. The quantitative estimate of drug-likeness (QED) is 0.339. The molecule has 4 nitrogen and oxygen atoms in total. The number of aryl methyl sites for hydroxylation is 4. The Bertz CT molecular complexity index is 1320. The third-order valence-electron chi connectivity index (χ3n) is 7.38. The van der Waals surface area contributed by atoms with Gasteiger partial charge in [0.1, 0.15) is 0 Å². The minimum Gasteiger partial charge on any atom is -0.657 e. The second-order valence-corrected chi connectivity index (χ2v) is 9.11. The topological polar surface area (TPSA) is 54.0 Å². The molecule has 5 rings (SSSR count). The van der Waals surface area contributed by atoms with Gasteiger partial charge in [0.2, 0.25) is 0 Å². The first-order valence-corrected chi connectivity index (χ1v) is 11.1. The monoisotopic (exact) mass is 476 g/mol. The van der Waals surface area contributed by atoms with E-state index in [-0.39, 0.29) is 17.1 Å². The minimum absolute atomic E-state index is 0. The van der Waals surface area contributed by atoms with Crippen molar-refractivity contribution in [3.63, 3.8) is 0 Å². The standard InChI is InChI=1S/C28H28N4.Fe/c1-13-14(2)22-10-24-17(5)18(6)26(31-24)12-28-20(8)19(7)27(32-28)11-25-16(4)15(3)23(30-25)9-21(13)29-22;/h9-12H,1-8H3;/q-2;+2. The number of hydrogen-bond acceptors (Lipinski definition) is 2. The van der Waals surface area contributed by atoms with Gasteiger partial charge in [0.15, 0.2) is 0 Å². The van der Waals surface area contributed by atoms with Gasteiger partial charge in [-0.15, -0.1) is 22.1 Å². The molecule has 0 aliphatic carbocycles. The average molecular weight is 476 g/mol. The van der Waals surface area contributed by atoms with E-state index in [1.165, 1.54) is 44.5 Å². The summed E-state index contributed by atoms with van der Waals surface area (Å²) in [4.78, 5) is 19.9. The summed E-state index contributed by atoms with van der Waals surface area (Å²) in [7, 11) is 0. The van der Waals surface area contributed by atoms with E-state index in [2.05, 4.69) is 79.7 Å². The summed E-state index contributed by atoms with van der Waals surface area (Å²) in [5, 5.41) is 0. The second-order valence-electron chi connectivity index (χ2n) is 9.11. The van der Waals surface area contributed by atoms with Crippen molar-refractivity contribution >= 4 is 44.4 Å². The smallest absolute Gasteiger partial charge is 0.657 e. The molecule has 0 fully saturated rings. The first-order chi connectivity index (χ1) is 15.2. The van der Waals surface area contributed by atoms with Gasteiger partial charge in [0.25, 0.3) is 0 Å². The van der Waals surface area contributed by atoms with E-state index >= 15 is 0 Å². The van der Waals surface area contributed by atoms with Crippen LogP contribution in [-0.2, 0) is 17.1 Å². The summed E-state index contributed by atoms with van der Waals surface area (Å²) in [6.07, 6.45) is 0. The third-order valence-corrected chi connectivity index (χ3v) is 7.38. The van der Waals surface area contributed by atoms with Gasteiger partial charge in [-0.2, -0.15) is 0 Å². The predicted molar refractivity (Wildman–Crippen MR) is 134 cm³/mol. The van der Waals surface area contributed by atoms with Gasteiger partial charge in [-0.3, -0.25) is 0 Å². The number of fused-ring (bicyclic) bond motifs is 8. The number of aromatic nitrogens is 4. The normalized spacial score (nSPS) is 13.6. The Morgan fingerprint density at radius 3 is 0.848 bits per heavy atom. The minimum atomic E-state index is 0. The molecule has 0 atom stereocenters. The Labute approximate surface area is 205 Å². The van der Waals surface area contributed by atoms with Crippen LogP contribution >= 0.6 is 0 Å². The Morgan fingerprint density at radius 1 is 0.424 bits per heavy atom. The van der Waals surface area contributed by atoms with Crippen LogP contribution in [0.1, 0.15) is 72.7 Å². The van der Waals surface area contributed by atoms with Crippen molar-refractivity contribution < 1.29 is 17.1 Å². The van der Waals surface area contributed by atoms with Crippen molar-refractivity contribution in [3.05, 3.63) is 69.3 Å². The third kappa shape index (κ3) is 3.60. The van der Waals surface area contributed by atoms with Crippen molar-refractivity contribution in [2.75, 3.05) is 0 Å². The number of hydrogen-bond donors (Lipinski definition) is 0. The fraction of sp³-hybridized carbons (Fsp3) is 0.286. The number of rotatable bonds is 0. The molecule has 3 aromatic heterocycles. The maximum atomic E-state index is 4.96. The van der Waals surface area contributed by atoms with E-state index in [0.717, 1.165) is 44.8 Å². The van der Waals surface area contributed by atoms with Crippen LogP contribution in [0, 0.1) is 27.7 Å². The largest absolute Gasteiger partial charge is 2.00 e. The molecule has 33 heavy (non-hydrogen) atoms. The van der Waals surface area contributed by atoms with Crippen LogP contribution in [0.25, 0.3) is 44.4 Å². The molecular formula is C28H28FeN4. The van der Waals surface area contributed by atoms with Gasteiger partial charge >= 0.3 is 17.1 Å². The van der Waals surface area contributed by atoms with Gasteiger partial charge in [-0.1, -0.05) is 46.5 Å². The van der Waals surface area contributed by atoms with E-state index in [1.54, 1.807) is 0 Å². The molecule has 168 valence electrons. The van der Waals surface area contributed by atoms with Crippen LogP contribution in [0.15, 0.2) is 24.3 Å². The fourth-order valence-electron chi connectivity index (χ4n) is 4.37. The molecule has 0 spiro atoms. The molecule has 5 heteroatoms. The van der Waals surface area contributed by atoms with Crippen LogP contribution in [0.4, 0.5) is 0 Å². The van der Waals surface area contributed by atoms with E-state index in [0.29, 0.717) is 0 Å². The SMILES string of the molecule is CC1=C(C)c2cc3[n-]c(cc4nc(cc5[n-]c(cc1n2)c(C)c5C)C(C)=C4C)c(C)c3C.[Fe+2]. The average Bonchev–Trinajstić information content (AvgIpc) is 3.37. The van der Waals surface area contributed by atoms with Crippen molar-refractivity contribution in [1.82, 2.24) is 19.9 Å². The summed E-state index contributed by atoms with van der Waals surface area (Å²) in [6, 6.07) is 8.46. The molecular weight excluding hydrogens is 448 g/mol. The maximum absolute atomic E-state index is 4.96. The zero-order valence-corrected chi connectivity index (χ0v) is 21.6.